The minimum atomic E-state index is 0. The molecule has 1 heterocycles. The van der Waals surface area contributed by atoms with Crippen molar-refractivity contribution in [2.24, 2.45) is 4.99 Å². The normalized spacial score (nSPS) is 11.0. The molecule has 3 N–H and O–H groups in total. The van der Waals surface area contributed by atoms with E-state index in [0.717, 1.165) is 16.4 Å². The summed E-state index contributed by atoms with van der Waals surface area (Å²) in [5, 5.41) is 11.9. The zero-order valence-corrected chi connectivity index (χ0v) is 6.91. The Labute approximate surface area is 74.9 Å². The van der Waals surface area contributed by atoms with Crippen LogP contribution in [0.5, 0.6) is 0 Å². The number of rotatable bonds is 0. The van der Waals surface area contributed by atoms with Crippen molar-refractivity contribution in [1.29, 1.82) is 5.26 Å². The third-order valence-corrected chi connectivity index (χ3v) is 2.25. The van der Waals surface area contributed by atoms with Crippen LogP contribution in [-0.2, 0) is 0 Å². The molecule has 0 aromatic heterocycles. The smallest absolute Gasteiger partial charge is 0.0998 e. The molecule has 1 aliphatic heterocycles. The fourth-order valence-corrected chi connectivity index (χ4v) is 1.62. The van der Waals surface area contributed by atoms with Gasteiger partial charge in [0.15, 0.2) is 0 Å². The van der Waals surface area contributed by atoms with Gasteiger partial charge in [-0.25, -0.2) is 4.99 Å². The minimum Gasteiger partial charge on any atom is -0.344 e. The molecule has 62 valence electrons. The van der Waals surface area contributed by atoms with Gasteiger partial charge in [-0.15, -0.1) is 0 Å². The first-order valence-electron chi connectivity index (χ1n) is 3.74. The standard InChI is InChI=1S/C10H4N2.H3N/c11-5-6-1-2-8-9-4-3-7(6)10(8)12-9;/h1-4H;1H3. The quantitative estimate of drug-likeness (QED) is 0.557. The van der Waals surface area contributed by atoms with Gasteiger partial charge in [0.2, 0.25) is 0 Å². The zero-order chi connectivity index (χ0) is 8.13. The molecule has 0 fully saturated rings. The van der Waals surface area contributed by atoms with E-state index in [-0.39, 0.29) is 6.15 Å². The molecule has 4 bridgehead atoms. The van der Waals surface area contributed by atoms with Gasteiger partial charge in [-0.05, 0) is 24.3 Å². The van der Waals surface area contributed by atoms with E-state index in [0.29, 0.717) is 5.56 Å². The third kappa shape index (κ3) is 0.727. The van der Waals surface area contributed by atoms with Crippen molar-refractivity contribution in [1.82, 2.24) is 6.15 Å². The van der Waals surface area contributed by atoms with E-state index >= 15 is 0 Å². The second kappa shape index (κ2) is 2.28. The summed E-state index contributed by atoms with van der Waals surface area (Å²) in [6, 6.07) is 9.89. The van der Waals surface area contributed by atoms with Gasteiger partial charge in [-0.2, -0.15) is 5.26 Å². The summed E-state index contributed by atoms with van der Waals surface area (Å²) >= 11 is 0. The van der Waals surface area contributed by atoms with Crippen LogP contribution in [0.3, 0.4) is 0 Å². The summed E-state index contributed by atoms with van der Waals surface area (Å²) in [7, 11) is 0. The van der Waals surface area contributed by atoms with Crippen molar-refractivity contribution in [3.05, 3.63) is 35.2 Å². The Morgan fingerprint density at radius 1 is 1.08 bits per heavy atom. The maximum Gasteiger partial charge on any atom is 0.0998 e. The monoisotopic (exact) mass is 169 g/mol. The number of hydrogen-bond donors (Lipinski definition) is 1. The van der Waals surface area contributed by atoms with Crippen molar-refractivity contribution in [3.63, 3.8) is 0 Å². The minimum absolute atomic E-state index is 0. The van der Waals surface area contributed by atoms with E-state index in [2.05, 4.69) is 11.1 Å². The average Bonchev–Trinajstić information content (AvgIpc) is 2.10. The SMILES string of the molecule is N.N#Cc1ccc2c3ccc1c2=N3. The Hall–Kier alpha value is -1.92. The predicted octanol–water partition coefficient (Wildman–Crippen LogP) is 1.86. The van der Waals surface area contributed by atoms with Gasteiger partial charge in [0.05, 0.1) is 22.7 Å². The highest BCUT2D eigenvalue weighted by atomic mass is 14.8. The first-order valence-corrected chi connectivity index (χ1v) is 3.74. The average molecular weight is 169 g/mol. The van der Waals surface area contributed by atoms with Gasteiger partial charge < -0.3 is 6.15 Å². The molecule has 2 aromatic carbocycles. The van der Waals surface area contributed by atoms with Crippen LogP contribution in [0, 0.1) is 11.3 Å². The molecule has 13 heavy (non-hydrogen) atoms. The molecule has 0 unspecified atom stereocenters. The maximum absolute atomic E-state index is 8.77. The summed E-state index contributed by atoms with van der Waals surface area (Å²) in [5.74, 6) is 0. The lowest BCUT2D eigenvalue weighted by Crippen LogP contribution is -2.13. The maximum atomic E-state index is 8.77. The second-order valence-electron chi connectivity index (χ2n) is 2.87. The van der Waals surface area contributed by atoms with Crippen molar-refractivity contribution in [2.75, 3.05) is 0 Å². The topological polar surface area (TPSA) is 71.2 Å². The zero-order valence-electron chi connectivity index (χ0n) is 6.91. The third-order valence-electron chi connectivity index (χ3n) is 2.25. The lowest BCUT2D eigenvalue weighted by atomic mass is 10.0. The van der Waals surface area contributed by atoms with Crippen molar-refractivity contribution in [3.8, 4) is 6.07 Å². The molecule has 0 spiro atoms. The van der Waals surface area contributed by atoms with Crippen molar-refractivity contribution < 1.29 is 0 Å². The van der Waals surface area contributed by atoms with Gasteiger partial charge in [-0.1, -0.05) is 0 Å². The summed E-state index contributed by atoms with van der Waals surface area (Å²) in [6.07, 6.45) is 0. The van der Waals surface area contributed by atoms with Crippen LogP contribution in [0.25, 0.3) is 10.8 Å². The van der Waals surface area contributed by atoms with Crippen LogP contribution in [0.1, 0.15) is 5.56 Å². The molecule has 0 atom stereocenters. The Morgan fingerprint density at radius 2 is 1.85 bits per heavy atom. The van der Waals surface area contributed by atoms with Crippen LogP contribution in [0.2, 0.25) is 0 Å². The van der Waals surface area contributed by atoms with Gasteiger partial charge in [0, 0.05) is 10.8 Å². The van der Waals surface area contributed by atoms with E-state index in [1.54, 1.807) is 0 Å². The Bertz CT molecular complexity index is 578. The van der Waals surface area contributed by atoms with Crippen molar-refractivity contribution >= 4 is 16.5 Å². The first kappa shape index (κ1) is 7.71. The molecular weight excluding hydrogens is 162 g/mol. The Kier molecular flexibility index (Phi) is 1.35. The van der Waals surface area contributed by atoms with E-state index in [1.165, 1.54) is 5.39 Å². The molecule has 3 heteroatoms. The largest absolute Gasteiger partial charge is 0.344 e. The number of nitriles is 1. The van der Waals surface area contributed by atoms with E-state index < -0.39 is 0 Å². The van der Waals surface area contributed by atoms with Crippen LogP contribution in [-0.4, -0.2) is 0 Å². The molecule has 0 saturated heterocycles. The van der Waals surface area contributed by atoms with Crippen LogP contribution in [0.15, 0.2) is 29.3 Å². The number of benzene rings is 2. The molecule has 1 aliphatic rings. The predicted molar refractivity (Wildman–Crippen MR) is 50.1 cm³/mol. The van der Waals surface area contributed by atoms with E-state index in [1.807, 2.05) is 24.3 Å². The number of hydrogen-bond acceptors (Lipinski definition) is 3. The van der Waals surface area contributed by atoms with Gasteiger partial charge in [0.1, 0.15) is 0 Å². The van der Waals surface area contributed by atoms with Gasteiger partial charge in [-0.3, -0.25) is 0 Å². The van der Waals surface area contributed by atoms with Crippen LogP contribution >= 0.6 is 0 Å². The highest BCUT2D eigenvalue weighted by molar-refractivity contribution is 5.88. The second-order valence-corrected chi connectivity index (χ2v) is 2.87. The summed E-state index contributed by atoms with van der Waals surface area (Å²) in [4.78, 5) is 4.26. The van der Waals surface area contributed by atoms with Crippen LogP contribution in [0.4, 0.5) is 5.69 Å². The van der Waals surface area contributed by atoms with Gasteiger partial charge >= 0.3 is 0 Å². The Morgan fingerprint density at radius 3 is 2.54 bits per heavy atom. The summed E-state index contributed by atoms with van der Waals surface area (Å²) in [5.41, 5.74) is 1.76. The fourth-order valence-electron chi connectivity index (χ4n) is 1.62. The van der Waals surface area contributed by atoms with E-state index in [9.17, 15) is 0 Å². The molecule has 3 nitrogen and oxygen atoms in total. The number of nitrogens with zero attached hydrogens (tertiary/aromatic N) is 2. The lowest BCUT2D eigenvalue weighted by Gasteiger charge is -2.11. The molecule has 0 aliphatic carbocycles. The molecule has 2 aromatic rings. The van der Waals surface area contributed by atoms with E-state index in [4.69, 9.17) is 5.26 Å². The molecule has 0 amide bonds. The van der Waals surface area contributed by atoms with Gasteiger partial charge in [0.25, 0.3) is 0 Å². The summed E-state index contributed by atoms with van der Waals surface area (Å²) in [6.45, 7) is 0. The molecular formula is C10H7N3. The molecule has 0 saturated carbocycles. The molecule has 0 radical (unpaired) electrons. The van der Waals surface area contributed by atoms with Crippen LogP contribution < -0.4 is 11.5 Å². The first-order chi connectivity index (χ1) is 5.90. The van der Waals surface area contributed by atoms with Crippen molar-refractivity contribution in [2.45, 2.75) is 0 Å². The Balaban J connectivity index is 0.000000653. The fraction of sp³-hybridized carbons (Fsp3) is 0. The molecule has 3 rings (SSSR count). The highest BCUT2D eigenvalue weighted by Gasteiger charge is 2.13. The lowest BCUT2D eigenvalue weighted by molar-refractivity contribution is 1.31. The highest BCUT2D eigenvalue weighted by Crippen LogP contribution is 2.27. The summed E-state index contributed by atoms with van der Waals surface area (Å²) < 4.78 is 0.